The lowest BCUT2D eigenvalue weighted by molar-refractivity contribution is 0.0472. The van der Waals surface area contributed by atoms with E-state index in [1.807, 2.05) is 72.1 Å². The van der Waals surface area contributed by atoms with Crippen LogP contribution in [0.2, 0.25) is 0 Å². The second-order valence-corrected chi connectivity index (χ2v) is 9.54. The molecule has 6 heteroatoms. The van der Waals surface area contributed by atoms with Crippen molar-refractivity contribution in [2.45, 2.75) is 17.6 Å². The number of para-hydroxylation sites is 1. The summed E-state index contributed by atoms with van der Waals surface area (Å²) in [6, 6.07) is 15.8. The van der Waals surface area contributed by atoms with E-state index < -0.39 is 0 Å². The van der Waals surface area contributed by atoms with E-state index >= 15 is 0 Å². The van der Waals surface area contributed by atoms with Gasteiger partial charge in [-0.05, 0) is 47.8 Å². The van der Waals surface area contributed by atoms with Crippen LogP contribution in [0.15, 0.2) is 48.5 Å². The van der Waals surface area contributed by atoms with Gasteiger partial charge in [-0.15, -0.1) is 34.9 Å². The standard InChI is InChI=1S/C19H17NO2S3/c21-18(22-12-17-20-15-4-1-2-5-16(15)25-17)13-6-8-14(9-7-13)19-23-10-3-11-24-19/h1-2,4-9,19H,3,10-12H2. The zero-order valence-electron chi connectivity index (χ0n) is 13.5. The summed E-state index contributed by atoms with van der Waals surface area (Å²) in [4.78, 5) is 16.8. The predicted octanol–water partition coefficient (Wildman–Crippen LogP) is 5.52. The van der Waals surface area contributed by atoms with E-state index in [9.17, 15) is 4.79 Å². The maximum Gasteiger partial charge on any atom is 0.338 e. The van der Waals surface area contributed by atoms with Crippen molar-refractivity contribution < 1.29 is 9.53 Å². The number of benzene rings is 2. The molecule has 128 valence electrons. The van der Waals surface area contributed by atoms with Crippen molar-refractivity contribution in [3.63, 3.8) is 0 Å². The van der Waals surface area contributed by atoms with Gasteiger partial charge in [-0.25, -0.2) is 9.78 Å². The highest BCUT2D eigenvalue weighted by Gasteiger charge is 2.17. The molecule has 0 spiro atoms. The van der Waals surface area contributed by atoms with Crippen LogP contribution in [0.3, 0.4) is 0 Å². The first kappa shape index (κ1) is 16.9. The number of nitrogens with zero attached hydrogens (tertiary/aromatic N) is 1. The van der Waals surface area contributed by atoms with Crippen molar-refractivity contribution in [1.29, 1.82) is 0 Å². The van der Waals surface area contributed by atoms with Crippen molar-refractivity contribution in [3.05, 3.63) is 64.7 Å². The molecule has 1 fully saturated rings. The van der Waals surface area contributed by atoms with Gasteiger partial charge in [0, 0.05) is 0 Å². The first-order chi connectivity index (χ1) is 12.3. The first-order valence-electron chi connectivity index (χ1n) is 8.14. The molecule has 4 rings (SSSR count). The molecule has 1 aliphatic heterocycles. The fourth-order valence-electron chi connectivity index (χ4n) is 2.65. The number of esters is 1. The van der Waals surface area contributed by atoms with Gasteiger partial charge in [0.25, 0.3) is 0 Å². The molecule has 1 saturated heterocycles. The fourth-order valence-corrected chi connectivity index (χ4v) is 6.42. The molecule has 2 heterocycles. The number of fused-ring (bicyclic) bond motifs is 1. The number of thioether (sulfide) groups is 2. The molecule has 0 atom stereocenters. The van der Waals surface area contributed by atoms with Crippen LogP contribution in [0.25, 0.3) is 10.2 Å². The van der Waals surface area contributed by atoms with Crippen LogP contribution in [-0.2, 0) is 11.3 Å². The van der Waals surface area contributed by atoms with Crippen LogP contribution in [0.5, 0.6) is 0 Å². The number of rotatable bonds is 4. The molecule has 0 radical (unpaired) electrons. The third-order valence-corrected chi connectivity index (χ3v) is 7.94. The predicted molar refractivity (Wildman–Crippen MR) is 107 cm³/mol. The van der Waals surface area contributed by atoms with Crippen molar-refractivity contribution in [2.75, 3.05) is 11.5 Å². The summed E-state index contributed by atoms with van der Waals surface area (Å²) in [5, 5.41) is 0.821. The van der Waals surface area contributed by atoms with E-state index in [4.69, 9.17) is 4.74 Å². The maximum atomic E-state index is 12.3. The summed E-state index contributed by atoms with van der Waals surface area (Å²) in [7, 11) is 0. The normalized spacial score (nSPS) is 15.4. The van der Waals surface area contributed by atoms with Crippen LogP contribution in [0.1, 0.15) is 31.9 Å². The van der Waals surface area contributed by atoms with Gasteiger partial charge in [-0.2, -0.15) is 0 Å². The zero-order valence-corrected chi connectivity index (χ0v) is 16.0. The molecule has 1 aromatic heterocycles. The van der Waals surface area contributed by atoms with Gasteiger partial charge in [-0.1, -0.05) is 24.3 Å². The van der Waals surface area contributed by atoms with Crippen LogP contribution in [0, 0.1) is 0 Å². The highest BCUT2D eigenvalue weighted by atomic mass is 32.2. The number of hydrogen-bond acceptors (Lipinski definition) is 6. The van der Waals surface area contributed by atoms with Crippen molar-refractivity contribution in [2.24, 2.45) is 0 Å². The van der Waals surface area contributed by atoms with Crippen molar-refractivity contribution >= 4 is 51.0 Å². The van der Waals surface area contributed by atoms with E-state index in [1.54, 1.807) is 11.3 Å². The minimum Gasteiger partial charge on any atom is -0.455 e. The Morgan fingerprint density at radius 2 is 1.84 bits per heavy atom. The molecule has 3 aromatic rings. The lowest BCUT2D eigenvalue weighted by Crippen LogP contribution is -2.06. The Kier molecular flexibility index (Phi) is 5.29. The maximum absolute atomic E-state index is 12.3. The van der Waals surface area contributed by atoms with Gasteiger partial charge in [0.2, 0.25) is 0 Å². The minimum atomic E-state index is -0.297. The third-order valence-electron chi connectivity index (χ3n) is 3.91. The van der Waals surface area contributed by atoms with Crippen LogP contribution in [0.4, 0.5) is 0 Å². The first-order valence-corrected chi connectivity index (χ1v) is 11.1. The molecule has 0 N–H and O–H groups in total. The Balaban J connectivity index is 1.38. The molecular formula is C19H17NO2S3. The van der Waals surface area contributed by atoms with Gasteiger partial charge in [-0.3, -0.25) is 0 Å². The number of carbonyl (C=O) groups is 1. The molecular weight excluding hydrogens is 370 g/mol. The molecule has 0 aliphatic carbocycles. The van der Waals surface area contributed by atoms with E-state index in [0.29, 0.717) is 10.1 Å². The number of ether oxygens (including phenoxy) is 1. The van der Waals surface area contributed by atoms with Crippen molar-refractivity contribution in [1.82, 2.24) is 4.98 Å². The van der Waals surface area contributed by atoms with Gasteiger partial charge in [0.05, 0.1) is 20.4 Å². The Morgan fingerprint density at radius 3 is 2.60 bits per heavy atom. The Morgan fingerprint density at radius 1 is 1.08 bits per heavy atom. The summed E-state index contributed by atoms with van der Waals surface area (Å²) >= 11 is 5.52. The second-order valence-electron chi connectivity index (χ2n) is 5.70. The van der Waals surface area contributed by atoms with E-state index in [-0.39, 0.29) is 12.6 Å². The molecule has 0 amide bonds. The highest BCUT2D eigenvalue weighted by molar-refractivity contribution is 8.16. The molecule has 25 heavy (non-hydrogen) atoms. The van der Waals surface area contributed by atoms with Crippen LogP contribution >= 0.6 is 34.9 Å². The molecule has 0 bridgehead atoms. The molecule has 2 aromatic carbocycles. The quantitative estimate of drug-likeness (QED) is 0.551. The summed E-state index contributed by atoms with van der Waals surface area (Å²) < 4.78 is 7.03. The van der Waals surface area contributed by atoms with Gasteiger partial charge < -0.3 is 4.74 Å². The van der Waals surface area contributed by atoms with Crippen molar-refractivity contribution in [3.8, 4) is 0 Å². The Hall–Kier alpha value is -1.50. The van der Waals surface area contributed by atoms with Gasteiger partial charge in [0.1, 0.15) is 11.6 Å². The summed E-state index contributed by atoms with van der Waals surface area (Å²) in [6.07, 6.45) is 1.28. The van der Waals surface area contributed by atoms with Crippen LogP contribution < -0.4 is 0 Å². The summed E-state index contributed by atoms with van der Waals surface area (Å²) in [6.45, 7) is 0.217. The smallest absolute Gasteiger partial charge is 0.338 e. The molecule has 1 aliphatic rings. The zero-order chi connectivity index (χ0) is 17.1. The monoisotopic (exact) mass is 387 g/mol. The lowest BCUT2D eigenvalue weighted by atomic mass is 10.1. The average Bonchev–Trinajstić information content (AvgIpc) is 3.10. The Labute approximate surface area is 159 Å². The summed E-state index contributed by atoms with van der Waals surface area (Å²) in [5.74, 6) is 2.13. The Bertz CT molecular complexity index is 837. The topological polar surface area (TPSA) is 39.2 Å². The SMILES string of the molecule is O=C(OCc1nc2ccccc2s1)c1ccc(C2SCCCS2)cc1. The van der Waals surface area contributed by atoms with E-state index in [1.165, 1.54) is 23.5 Å². The number of carbonyl (C=O) groups excluding carboxylic acids is 1. The number of thiazole rings is 1. The van der Waals surface area contributed by atoms with Gasteiger partial charge in [0.15, 0.2) is 0 Å². The molecule has 0 unspecified atom stereocenters. The number of aromatic nitrogens is 1. The third kappa shape index (κ3) is 4.02. The second kappa shape index (κ2) is 7.81. The number of hydrogen-bond donors (Lipinski definition) is 0. The van der Waals surface area contributed by atoms with Crippen LogP contribution in [-0.4, -0.2) is 22.5 Å². The fraction of sp³-hybridized carbons (Fsp3) is 0.263. The average molecular weight is 388 g/mol. The lowest BCUT2D eigenvalue weighted by Gasteiger charge is -2.21. The minimum absolute atomic E-state index is 0.217. The van der Waals surface area contributed by atoms with E-state index in [2.05, 4.69) is 4.98 Å². The summed E-state index contributed by atoms with van der Waals surface area (Å²) in [5.41, 5.74) is 2.82. The van der Waals surface area contributed by atoms with Gasteiger partial charge >= 0.3 is 5.97 Å². The molecule has 3 nitrogen and oxygen atoms in total. The molecule has 0 saturated carbocycles. The van der Waals surface area contributed by atoms with E-state index in [0.717, 1.165) is 15.2 Å². The highest BCUT2D eigenvalue weighted by Crippen LogP contribution is 2.43. The largest absolute Gasteiger partial charge is 0.455 e.